The molecular formula is C12H11N2O2+. The first-order valence-electron chi connectivity index (χ1n) is 5.08. The highest BCUT2D eigenvalue weighted by atomic mass is 16.5. The van der Waals surface area contributed by atoms with Gasteiger partial charge in [0.2, 0.25) is 5.69 Å². The summed E-state index contributed by atoms with van der Waals surface area (Å²) in [7, 11) is 1.38. The van der Waals surface area contributed by atoms with Crippen LogP contribution in [0.5, 0.6) is 0 Å². The van der Waals surface area contributed by atoms with Crippen molar-refractivity contribution in [2.75, 3.05) is 7.11 Å². The molecular weight excluding hydrogens is 204 g/mol. The number of aromatic amines is 1. The van der Waals surface area contributed by atoms with Gasteiger partial charge in [0.25, 0.3) is 5.82 Å². The normalized spacial score (nSPS) is 12.1. The monoisotopic (exact) mass is 215 g/mol. The molecule has 2 heterocycles. The quantitative estimate of drug-likeness (QED) is 0.488. The molecule has 1 aromatic heterocycles. The van der Waals surface area contributed by atoms with Crippen LogP contribution < -0.4 is 4.57 Å². The van der Waals surface area contributed by atoms with Crippen molar-refractivity contribution in [3.05, 3.63) is 41.7 Å². The van der Waals surface area contributed by atoms with Crippen molar-refractivity contribution in [2.24, 2.45) is 0 Å². The van der Waals surface area contributed by atoms with E-state index in [-0.39, 0.29) is 5.97 Å². The molecule has 0 saturated carbocycles. The van der Waals surface area contributed by atoms with Crippen LogP contribution in [-0.2, 0) is 11.3 Å². The van der Waals surface area contributed by atoms with Gasteiger partial charge in [0.1, 0.15) is 12.7 Å². The lowest BCUT2D eigenvalue weighted by Crippen LogP contribution is -2.29. The van der Waals surface area contributed by atoms with Crippen molar-refractivity contribution in [1.29, 1.82) is 0 Å². The van der Waals surface area contributed by atoms with Gasteiger partial charge in [-0.25, -0.2) is 14.3 Å². The minimum absolute atomic E-state index is 0.334. The molecule has 2 aromatic rings. The number of nitrogens with one attached hydrogen (secondary N) is 1. The number of hydrogen-bond donors (Lipinski definition) is 1. The van der Waals surface area contributed by atoms with E-state index in [0.717, 1.165) is 17.9 Å². The first-order chi connectivity index (χ1) is 7.79. The molecule has 3 rings (SSSR count). The Morgan fingerprint density at radius 1 is 1.44 bits per heavy atom. The minimum atomic E-state index is -0.334. The van der Waals surface area contributed by atoms with Gasteiger partial charge in [-0.1, -0.05) is 18.2 Å². The van der Waals surface area contributed by atoms with E-state index in [2.05, 4.69) is 15.8 Å². The zero-order chi connectivity index (χ0) is 11.1. The van der Waals surface area contributed by atoms with E-state index >= 15 is 0 Å². The Labute approximate surface area is 92.5 Å². The molecule has 4 nitrogen and oxygen atoms in total. The van der Waals surface area contributed by atoms with Crippen LogP contribution in [0.25, 0.3) is 11.4 Å². The summed E-state index contributed by atoms with van der Waals surface area (Å²) in [6.07, 6.45) is 1.79. The van der Waals surface area contributed by atoms with Gasteiger partial charge in [-0.15, -0.1) is 0 Å². The van der Waals surface area contributed by atoms with Gasteiger partial charge in [0, 0.05) is 5.56 Å². The summed E-state index contributed by atoms with van der Waals surface area (Å²) in [6, 6.07) is 8.15. The molecule has 1 N–H and O–H groups in total. The Kier molecular flexibility index (Phi) is 1.83. The molecule has 0 aliphatic carbocycles. The number of ether oxygens (including phenoxy) is 1. The molecule has 80 valence electrons. The maximum Gasteiger partial charge on any atom is 0.381 e. The molecule has 1 aliphatic heterocycles. The number of esters is 1. The van der Waals surface area contributed by atoms with E-state index in [0.29, 0.717) is 5.69 Å². The maximum absolute atomic E-state index is 11.4. The van der Waals surface area contributed by atoms with Gasteiger partial charge in [-0.3, -0.25) is 0 Å². The van der Waals surface area contributed by atoms with Crippen LogP contribution in [-0.4, -0.2) is 18.1 Å². The molecule has 0 fully saturated rings. The smallest absolute Gasteiger partial charge is 0.381 e. The standard InChI is InChI=1S/C12H10N2O2/c1-16-12(15)10-7-14-6-8-4-2-3-5-9(8)11(14)13-10/h2-5,7H,6H2,1H3/p+1. The second-order valence-corrected chi connectivity index (χ2v) is 3.79. The first kappa shape index (κ1) is 9.15. The molecule has 0 bridgehead atoms. The molecule has 0 radical (unpaired) electrons. The Bertz CT molecular complexity index is 572. The largest absolute Gasteiger partial charge is 0.463 e. The maximum atomic E-state index is 11.4. The molecule has 16 heavy (non-hydrogen) atoms. The predicted octanol–water partition coefficient (Wildman–Crippen LogP) is 1.12. The number of imidazole rings is 1. The average molecular weight is 215 g/mol. The van der Waals surface area contributed by atoms with Gasteiger partial charge >= 0.3 is 5.97 Å². The molecule has 0 unspecified atom stereocenters. The van der Waals surface area contributed by atoms with Gasteiger partial charge in [-0.05, 0) is 6.07 Å². The van der Waals surface area contributed by atoms with Gasteiger partial charge in [0.05, 0.1) is 12.7 Å². The van der Waals surface area contributed by atoms with Gasteiger partial charge in [-0.2, -0.15) is 0 Å². The van der Waals surface area contributed by atoms with Crippen LogP contribution in [0.1, 0.15) is 16.1 Å². The number of methoxy groups -OCH3 is 1. The van der Waals surface area contributed by atoms with Gasteiger partial charge in [0.15, 0.2) is 0 Å². The number of aromatic nitrogens is 2. The van der Waals surface area contributed by atoms with Crippen LogP contribution in [0.2, 0.25) is 0 Å². The first-order valence-corrected chi connectivity index (χ1v) is 5.08. The number of carbonyl (C=O) groups excluding carboxylic acids is 1. The van der Waals surface area contributed by atoms with E-state index in [1.807, 2.05) is 22.8 Å². The second-order valence-electron chi connectivity index (χ2n) is 3.79. The molecule has 1 aromatic carbocycles. The van der Waals surface area contributed by atoms with E-state index in [1.54, 1.807) is 6.20 Å². The molecule has 1 aliphatic rings. The van der Waals surface area contributed by atoms with Crippen LogP contribution in [0.3, 0.4) is 0 Å². The number of carbonyl (C=O) groups is 1. The lowest BCUT2D eigenvalue weighted by molar-refractivity contribution is -0.670. The van der Waals surface area contributed by atoms with E-state index in [9.17, 15) is 4.79 Å². The Balaban J connectivity index is 2.11. The average Bonchev–Trinajstić information content (AvgIpc) is 2.85. The van der Waals surface area contributed by atoms with Crippen LogP contribution in [0.4, 0.5) is 0 Å². The topological polar surface area (TPSA) is 46.0 Å². The predicted molar refractivity (Wildman–Crippen MR) is 56.9 cm³/mol. The number of benzene rings is 1. The fourth-order valence-electron chi connectivity index (χ4n) is 2.09. The molecule has 0 spiro atoms. The fourth-order valence-corrected chi connectivity index (χ4v) is 2.09. The number of nitrogens with zero attached hydrogens (tertiary/aromatic N) is 1. The summed E-state index contributed by atoms with van der Waals surface area (Å²) in [5, 5.41) is 0. The summed E-state index contributed by atoms with van der Waals surface area (Å²) in [6.45, 7) is 0.805. The SMILES string of the molecule is COC(=O)c1c[n+]2c([nH]1)-c1ccccc1C2. The molecule has 0 atom stereocenters. The lowest BCUT2D eigenvalue weighted by Gasteiger charge is -1.92. The Hall–Kier alpha value is -2.10. The Morgan fingerprint density at radius 3 is 3.06 bits per heavy atom. The van der Waals surface area contributed by atoms with Crippen molar-refractivity contribution in [3.8, 4) is 11.4 Å². The van der Waals surface area contributed by atoms with Crippen molar-refractivity contribution >= 4 is 5.97 Å². The third-order valence-electron chi connectivity index (χ3n) is 2.84. The Morgan fingerprint density at radius 2 is 2.25 bits per heavy atom. The van der Waals surface area contributed by atoms with Crippen molar-refractivity contribution < 1.29 is 14.1 Å². The number of rotatable bonds is 1. The second kappa shape index (κ2) is 3.20. The van der Waals surface area contributed by atoms with Crippen molar-refractivity contribution in [3.63, 3.8) is 0 Å². The van der Waals surface area contributed by atoms with E-state index < -0.39 is 0 Å². The lowest BCUT2D eigenvalue weighted by atomic mass is 10.1. The van der Waals surface area contributed by atoms with Crippen molar-refractivity contribution in [1.82, 2.24) is 4.98 Å². The van der Waals surface area contributed by atoms with E-state index in [4.69, 9.17) is 0 Å². The third-order valence-corrected chi connectivity index (χ3v) is 2.84. The summed E-state index contributed by atoms with van der Waals surface area (Å²) in [5.41, 5.74) is 2.91. The zero-order valence-corrected chi connectivity index (χ0v) is 8.86. The van der Waals surface area contributed by atoms with Crippen LogP contribution in [0, 0.1) is 0 Å². The minimum Gasteiger partial charge on any atom is -0.463 e. The van der Waals surface area contributed by atoms with Crippen LogP contribution in [0.15, 0.2) is 30.5 Å². The third kappa shape index (κ3) is 1.16. The van der Waals surface area contributed by atoms with Crippen LogP contribution >= 0.6 is 0 Å². The number of hydrogen-bond acceptors (Lipinski definition) is 2. The summed E-state index contributed by atoms with van der Waals surface area (Å²) >= 11 is 0. The van der Waals surface area contributed by atoms with Gasteiger partial charge < -0.3 is 4.74 Å². The highest BCUT2D eigenvalue weighted by molar-refractivity contribution is 5.87. The summed E-state index contributed by atoms with van der Waals surface area (Å²) < 4.78 is 6.70. The molecule has 4 heteroatoms. The number of fused-ring (bicyclic) bond motifs is 3. The highest BCUT2D eigenvalue weighted by Gasteiger charge is 2.29. The fraction of sp³-hybridized carbons (Fsp3) is 0.167. The summed E-state index contributed by atoms with van der Waals surface area (Å²) in [4.78, 5) is 14.5. The van der Waals surface area contributed by atoms with E-state index in [1.165, 1.54) is 12.7 Å². The van der Waals surface area contributed by atoms with Crippen molar-refractivity contribution in [2.45, 2.75) is 6.54 Å². The summed E-state index contributed by atoms with van der Waals surface area (Å²) in [5.74, 6) is 0.635. The highest BCUT2D eigenvalue weighted by Crippen LogP contribution is 2.25. The molecule has 0 saturated heterocycles. The zero-order valence-electron chi connectivity index (χ0n) is 8.86. The number of H-pyrrole nitrogens is 1. The molecule has 0 amide bonds.